The van der Waals surface area contributed by atoms with Crippen LogP contribution in [0.3, 0.4) is 0 Å². The van der Waals surface area contributed by atoms with Gasteiger partial charge in [-0.15, -0.1) is 0 Å². The molecule has 0 aromatic heterocycles. The zero-order valence-electron chi connectivity index (χ0n) is 4.15. The van der Waals surface area contributed by atoms with Gasteiger partial charge in [-0.2, -0.15) is 0 Å². The van der Waals surface area contributed by atoms with Crippen LogP contribution >= 0.6 is 11.6 Å². The van der Waals surface area contributed by atoms with Crippen molar-refractivity contribution in [2.75, 3.05) is 0 Å². The number of carbonyl (C=O) groups is 1. The third-order valence-electron chi connectivity index (χ3n) is 0.494. The highest BCUT2D eigenvalue weighted by Crippen LogP contribution is 1.85. The lowest BCUT2D eigenvalue weighted by atomic mass is 10.3. The fraction of sp³-hybridized carbons (Fsp3) is 0.400. The lowest BCUT2D eigenvalue weighted by Gasteiger charge is -1.77. The molecule has 0 N–H and O–H groups in total. The minimum Gasteiger partial charge on any atom is -0.300 e. The van der Waals surface area contributed by atoms with Gasteiger partial charge in [0, 0.05) is 12.0 Å². The molecule has 0 aliphatic rings. The van der Waals surface area contributed by atoms with Gasteiger partial charge in [0.15, 0.2) is 0 Å². The van der Waals surface area contributed by atoms with Gasteiger partial charge in [-0.3, -0.25) is 4.79 Å². The fourth-order valence-corrected chi connectivity index (χ4v) is 0.300. The van der Waals surface area contributed by atoms with E-state index in [4.69, 9.17) is 11.6 Å². The molecule has 2 heteroatoms. The molecule has 0 bridgehead atoms. The van der Waals surface area contributed by atoms with Crippen LogP contribution in [-0.4, -0.2) is 5.78 Å². The summed E-state index contributed by atoms with van der Waals surface area (Å²) in [6.45, 7) is 1.52. The molecule has 0 fully saturated rings. The summed E-state index contributed by atoms with van der Waals surface area (Å²) in [7, 11) is 0. The Hall–Kier alpha value is -0.300. The van der Waals surface area contributed by atoms with E-state index in [2.05, 4.69) is 0 Å². The predicted octanol–water partition coefficient (Wildman–Crippen LogP) is 1.72. The van der Waals surface area contributed by atoms with E-state index in [1.54, 1.807) is 6.08 Å². The van der Waals surface area contributed by atoms with E-state index in [0.29, 0.717) is 6.42 Å². The topological polar surface area (TPSA) is 17.1 Å². The quantitative estimate of drug-likeness (QED) is 0.540. The first-order valence-electron chi connectivity index (χ1n) is 2.02. The Morgan fingerprint density at radius 1 is 1.86 bits per heavy atom. The van der Waals surface area contributed by atoms with Crippen molar-refractivity contribution in [1.29, 1.82) is 0 Å². The molecular weight excluding hydrogens is 112 g/mol. The summed E-state index contributed by atoms with van der Waals surface area (Å²) in [4.78, 5) is 10.1. The van der Waals surface area contributed by atoms with Crippen molar-refractivity contribution in [1.82, 2.24) is 0 Å². The van der Waals surface area contributed by atoms with E-state index < -0.39 is 0 Å². The number of Topliss-reactive ketones (excluding diaryl/α,β-unsaturated/α-hetero) is 1. The van der Waals surface area contributed by atoms with Gasteiger partial charge in [-0.1, -0.05) is 17.7 Å². The highest BCUT2D eigenvalue weighted by Gasteiger charge is 1.82. The second kappa shape index (κ2) is 3.88. The third kappa shape index (κ3) is 5.70. The molecule has 0 saturated carbocycles. The van der Waals surface area contributed by atoms with Gasteiger partial charge in [0.2, 0.25) is 0 Å². The summed E-state index contributed by atoms with van der Waals surface area (Å²) in [5.74, 6) is 0.136. The first kappa shape index (κ1) is 6.70. The van der Waals surface area contributed by atoms with Gasteiger partial charge in [0.1, 0.15) is 5.78 Å². The van der Waals surface area contributed by atoms with E-state index in [1.807, 2.05) is 0 Å². The van der Waals surface area contributed by atoms with Crippen molar-refractivity contribution in [2.24, 2.45) is 0 Å². The maximum Gasteiger partial charge on any atom is 0.133 e. The molecule has 0 radical (unpaired) electrons. The molecule has 0 aromatic carbocycles. The molecule has 0 unspecified atom stereocenters. The second-order valence-electron chi connectivity index (χ2n) is 1.27. The number of ketones is 1. The minimum atomic E-state index is 0.136. The van der Waals surface area contributed by atoms with Crippen molar-refractivity contribution in [3.8, 4) is 0 Å². The molecule has 40 valence electrons. The summed E-state index contributed by atoms with van der Waals surface area (Å²) < 4.78 is 0. The van der Waals surface area contributed by atoms with Crippen molar-refractivity contribution in [2.45, 2.75) is 13.3 Å². The maximum atomic E-state index is 10.1. The second-order valence-corrected chi connectivity index (χ2v) is 1.52. The van der Waals surface area contributed by atoms with Crippen molar-refractivity contribution in [3.63, 3.8) is 0 Å². The highest BCUT2D eigenvalue weighted by atomic mass is 35.5. The van der Waals surface area contributed by atoms with Gasteiger partial charge < -0.3 is 0 Å². The number of hydrogen-bond acceptors (Lipinski definition) is 1. The van der Waals surface area contributed by atoms with Crippen LogP contribution in [-0.2, 0) is 4.79 Å². The fourth-order valence-electron chi connectivity index (χ4n) is 0.211. The van der Waals surface area contributed by atoms with Gasteiger partial charge in [0.05, 0.1) is 0 Å². The van der Waals surface area contributed by atoms with E-state index in [1.165, 1.54) is 12.5 Å². The van der Waals surface area contributed by atoms with Crippen LogP contribution in [0.4, 0.5) is 0 Å². The number of halogens is 1. The third-order valence-corrected chi connectivity index (χ3v) is 0.673. The van der Waals surface area contributed by atoms with Crippen LogP contribution in [0.5, 0.6) is 0 Å². The zero-order chi connectivity index (χ0) is 5.70. The molecule has 0 saturated heterocycles. The molecule has 0 rings (SSSR count). The molecule has 0 aliphatic carbocycles. The van der Waals surface area contributed by atoms with E-state index in [0.717, 1.165) is 0 Å². The largest absolute Gasteiger partial charge is 0.300 e. The normalized spacial score (nSPS) is 10.0. The Morgan fingerprint density at radius 3 is 2.57 bits per heavy atom. The number of hydrogen-bond donors (Lipinski definition) is 0. The van der Waals surface area contributed by atoms with Crippen molar-refractivity contribution in [3.05, 3.63) is 11.6 Å². The van der Waals surface area contributed by atoms with Crippen LogP contribution < -0.4 is 0 Å². The van der Waals surface area contributed by atoms with Gasteiger partial charge >= 0.3 is 0 Å². The van der Waals surface area contributed by atoms with Gasteiger partial charge in [0.25, 0.3) is 0 Å². The van der Waals surface area contributed by atoms with Crippen LogP contribution in [0.1, 0.15) is 13.3 Å². The van der Waals surface area contributed by atoms with Crippen LogP contribution in [0, 0.1) is 0 Å². The lowest BCUT2D eigenvalue weighted by molar-refractivity contribution is -0.116. The molecule has 0 amide bonds. The summed E-state index contributed by atoms with van der Waals surface area (Å²) in [6.07, 6.45) is 2.06. The monoisotopic (exact) mass is 118 g/mol. The smallest absolute Gasteiger partial charge is 0.133 e. The van der Waals surface area contributed by atoms with Crippen LogP contribution in [0.15, 0.2) is 11.6 Å². The first-order valence-corrected chi connectivity index (χ1v) is 2.45. The predicted molar refractivity (Wildman–Crippen MR) is 30.3 cm³/mol. The minimum absolute atomic E-state index is 0.136. The zero-order valence-corrected chi connectivity index (χ0v) is 4.90. The Bertz CT molecular complexity index is 86.1. The maximum absolute atomic E-state index is 10.1. The van der Waals surface area contributed by atoms with Crippen LogP contribution in [0.2, 0.25) is 0 Å². The number of allylic oxidation sites excluding steroid dienone is 1. The molecule has 0 spiro atoms. The Kier molecular flexibility index (Phi) is 3.71. The first-order chi connectivity index (χ1) is 3.27. The van der Waals surface area contributed by atoms with E-state index >= 15 is 0 Å². The number of carbonyl (C=O) groups excluding carboxylic acids is 1. The molecule has 1 nitrogen and oxygen atoms in total. The Morgan fingerprint density at radius 2 is 2.43 bits per heavy atom. The van der Waals surface area contributed by atoms with Gasteiger partial charge in [-0.05, 0) is 6.92 Å². The highest BCUT2D eigenvalue weighted by molar-refractivity contribution is 6.25. The summed E-state index contributed by atoms with van der Waals surface area (Å²) in [5, 5.41) is 0. The Labute approximate surface area is 48.0 Å². The summed E-state index contributed by atoms with van der Waals surface area (Å²) in [6, 6.07) is 0. The molecular formula is C5H7ClO. The SMILES string of the molecule is CC(=O)C/C=C/Cl. The van der Waals surface area contributed by atoms with Gasteiger partial charge in [-0.25, -0.2) is 0 Å². The summed E-state index contributed by atoms with van der Waals surface area (Å²) >= 11 is 5.11. The van der Waals surface area contributed by atoms with Crippen molar-refractivity contribution >= 4 is 17.4 Å². The average molecular weight is 119 g/mol. The molecule has 0 heterocycles. The van der Waals surface area contributed by atoms with Crippen LogP contribution in [0.25, 0.3) is 0 Å². The van der Waals surface area contributed by atoms with Crippen molar-refractivity contribution < 1.29 is 4.79 Å². The molecule has 7 heavy (non-hydrogen) atoms. The lowest BCUT2D eigenvalue weighted by Crippen LogP contribution is -1.82. The molecule has 0 aliphatic heterocycles. The number of rotatable bonds is 2. The standard InChI is InChI=1S/C5H7ClO/c1-5(7)3-2-4-6/h2,4H,3H2,1H3/b4-2+. The average Bonchev–Trinajstić information content (AvgIpc) is 1.61. The Balaban J connectivity index is 3.14. The summed E-state index contributed by atoms with van der Waals surface area (Å²) in [5.41, 5.74) is 1.35. The van der Waals surface area contributed by atoms with E-state index in [9.17, 15) is 4.79 Å². The van der Waals surface area contributed by atoms with E-state index in [-0.39, 0.29) is 5.78 Å². The molecule has 0 atom stereocenters. The molecule has 0 aromatic rings.